The van der Waals surface area contributed by atoms with E-state index in [0.717, 1.165) is 31.7 Å². The van der Waals surface area contributed by atoms with E-state index in [0.29, 0.717) is 12.5 Å². The van der Waals surface area contributed by atoms with Gasteiger partial charge in [-0.1, -0.05) is 11.6 Å². The molecular weight excluding hydrogens is 316 g/mol. The largest absolute Gasteiger partial charge is 0.270 e. The quantitative estimate of drug-likeness (QED) is 0.593. The summed E-state index contributed by atoms with van der Waals surface area (Å²) in [6, 6.07) is 3.56. The zero-order valence-corrected chi connectivity index (χ0v) is 12.8. The highest BCUT2D eigenvalue weighted by atomic mass is 35.5. The van der Waals surface area contributed by atoms with Crippen molar-refractivity contribution in [2.75, 3.05) is 6.54 Å². The van der Waals surface area contributed by atoms with Crippen LogP contribution in [0.4, 0.5) is 5.69 Å². The maximum Gasteiger partial charge on any atom is 0.270 e. The summed E-state index contributed by atoms with van der Waals surface area (Å²) in [6.45, 7) is 0.492. The molecular formula is C13H15ClN2O4S. The van der Waals surface area contributed by atoms with E-state index < -0.39 is 14.9 Å². The van der Waals surface area contributed by atoms with E-state index >= 15 is 0 Å². The number of hydrogen-bond acceptors (Lipinski definition) is 4. The number of halogens is 1. The molecule has 1 aromatic carbocycles. The predicted octanol–water partition coefficient (Wildman–Crippen LogP) is 2.81. The first-order valence-electron chi connectivity index (χ1n) is 6.85. The fourth-order valence-electron chi connectivity index (χ4n) is 2.29. The van der Waals surface area contributed by atoms with Gasteiger partial charge in [0.1, 0.15) is 4.90 Å². The molecule has 0 unspecified atom stereocenters. The molecule has 2 aliphatic rings. The molecule has 6 nitrogen and oxygen atoms in total. The molecule has 21 heavy (non-hydrogen) atoms. The number of benzene rings is 1. The lowest BCUT2D eigenvalue weighted by Crippen LogP contribution is -2.35. The van der Waals surface area contributed by atoms with Gasteiger partial charge >= 0.3 is 0 Å². The van der Waals surface area contributed by atoms with E-state index in [1.165, 1.54) is 16.4 Å². The molecule has 0 spiro atoms. The van der Waals surface area contributed by atoms with Gasteiger partial charge in [0.15, 0.2) is 0 Å². The standard InChI is InChI=1S/C13H15ClN2O4S/c14-12-6-5-11(16(17)18)7-13(12)21(19,20)15(10-3-4-10)8-9-1-2-9/h5-7,9-10H,1-4,8H2. The lowest BCUT2D eigenvalue weighted by atomic mass is 10.3. The van der Waals surface area contributed by atoms with Gasteiger partial charge in [0.05, 0.1) is 9.95 Å². The highest BCUT2D eigenvalue weighted by Gasteiger charge is 2.42. The van der Waals surface area contributed by atoms with Crippen molar-refractivity contribution in [3.05, 3.63) is 33.3 Å². The van der Waals surface area contributed by atoms with Crippen molar-refractivity contribution >= 4 is 27.3 Å². The molecule has 2 aliphatic carbocycles. The average molecular weight is 331 g/mol. The van der Waals surface area contributed by atoms with Crippen molar-refractivity contribution < 1.29 is 13.3 Å². The zero-order valence-electron chi connectivity index (χ0n) is 11.2. The van der Waals surface area contributed by atoms with E-state index in [-0.39, 0.29) is 21.6 Å². The Bertz CT molecular complexity index is 683. The van der Waals surface area contributed by atoms with Gasteiger partial charge < -0.3 is 0 Å². The molecule has 0 N–H and O–H groups in total. The third-order valence-corrected chi connectivity index (χ3v) is 6.20. The lowest BCUT2D eigenvalue weighted by Gasteiger charge is -2.22. The molecule has 0 aromatic heterocycles. The van der Waals surface area contributed by atoms with Gasteiger partial charge in [0, 0.05) is 24.7 Å². The van der Waals surface area contributed by atoms with Crippen LogP contribution in [0.15, 0.2) is 23.1 Å². The fraction of sp³-hybridized carbons (Fsp3) is 0.538. The normalized spacial score (nSPS) is 19.0. The minimum atomic E-state index is -3.78. The number of hydrogen-bond donors (Lipinski definition) is 0. The Morgan fingerprint density at radius 3 is 2.48 bits per heavy atom. The fourth-order valence-corrected chi connectivity index (χ4v) is 4.55. The highest BCUT2D eigenvalue weighted by Crippen LogP contribution is 2.39. The molecule has 1 aromatic rings. The van der Waals surface area contributed by atoms with Crippen LogP contribution in [-0.2, 0) is 10.0 Å². The Morgan fingerprint density at radius 2 is 1.95 bits per heavy atom. The second-order valence-electron chi connectivity index (χ2n) is 5.62. The molecule has 0 amide bonds. The second-order valence-corrected chi connectivity index (χ2v) is 7.89. The van der Waals surface area contributed by atoms with Crippen molar-refractivity contribution in [1.29, 1.82) is 0 Å². The van der Waals surface area contributed by atoms with Gasteiger partial charge in [0.25, 0.3) is 5.69 Å². The molecule has 8 heteroatoms. The van der Waals surface area contributed by atoms with Crippen molar-refractivity contribution in [2.45, 2.75) is 36.6 Å². The minimum absolute atomic E-state index is 0.0194. The minimum Gasteiger partial charge on any atom is -0.258 e. The van der Waals surface area contributed by atoms with Crippen molar-refractivity contribution in [1.82, 2.24) is 4.31 Å². The molecule has 0 saturated heterocycles. The molecule has 0 heterocycles. The number of nitro benzene ring substituents is 1. The molecule has 2 saturated carbocycles. The van der Waals surface area contributed by atoms with Crippen LogP contribution in [0.5, 0.6) is 0 Å². The van der Waals surface area contributed by atoms with Crippen LogP contribution in [0.3, 0.4) is 0 Å². The summed E-state index contributed by atoms with van der Waals surface area (Å²) in [7, 11) is -3.78. The van der Waals surface area contributed by atoms with E-state index in [9.17, 15) is 18.5 Å². The SMILES string of the molecule is O=[N+]([O-])c1ccc(Cl)c(S(=O)(=O)N(CC2CC2)C2CC2)c1. The van der Waals surface area contributed by atoms with Crippen molar-refractivity contribution in [2.24, 2.45) is 5.92 Å². The Labute approximate surface area is 127 Å². The summed E-state index contributed by atoms with van der Waals surface area (Å²) >= 11 is 5.98. The molecule has 0 aliphatic heterocycles. The number of sulfonamides is 1. The molecule has 0 radical (unpaired) electrons. The second kappa shape index (κ2) is 5.23. The first kappa shape index (κ1) is 14.7. The molecule has 0 atom stereocenters. The van der Waals surface area contributed by atoms with Crippen molar-refractivity contribution in [3.63, 3.8) is 0 Å². The van der Waals surface area contributed by atoms with Gasteiger partial charge in [0.2, 0.25) is 10.0 Å². The highest BCUT2D eigenvalue weighted by molar-refractivity contribution is 7.89. The molecule has 0 bridgehead atoms. The van der Waals surface area contributed by atoms with Crippen LogP contribution in [-0.4, -0.2) is 30.2 Å². The predicted molar refractivity (Wildman–Crippen MR) is 77.7 cm³/mol. The topological polar surface area (TPSA) is 80.5 Å². The summed E-state index contributed by atoms with van der Waals surface area (Å²) in [5, 5.41) is 10.9. The zero-order chi connectivity index (χ0) is 15.2. The van der Waals surface area contributed by atoms with Gasteiger partial charge in [-0.2, -0.15) is 4.31 Å². The van der Waals surface area contributed by atoms with Gasteiger partial charge in [-0.25, -0.2) is 8.42 Å². The molecule has 2 fully saturated rings. The van der Waals surface area contributed by atoms with Crippen LogP contribution in [0.2, 0.25) is 5.02 Å². The van der Waals surface area contributed by atoms with Crippen LogP contribution in [0.25, 0.3) is 0 Å². The van der Waals surface area contributed by atoms with E-state index in [4.69, 9.17) is 11.6 Å². The average Bonchev–Trinajstić information content (AvgIpc) is 3.28. The summed E-state index contributed by atoms with van der Waals surface area (Å²) in [4.78, 5) is 10.1. The summed E-state index contributed by atoms with van der Waals surface area (Å²) in [5.41, 5.74) is -0.264. The van der Waals surface area contributed by atoms with Crippen LogP contribution in [0.1, 0.15) is 25.7 Å². The van der Waals surface area contributed by atoms with Crippen LogP contribution < -0.4 is 0 Å². The Kier molecular flexibility index (Phi) is 3.67. The number of nitrogens with zero attached hydrogens (tertiary/aromatic N) is 2. The van der Waals surface area contributed by atoms with Gasteiger partial charge in [-0.15, -0.1) is 0 Å². The Hall–Kier alpha value is -1.18. The third kappa shape index (κ3) is 3.04. The van der Waals surface area contributed by atoms with Crippen LogP contribution in [0, 0.1) is 16.0 Å². The smallest absolute Gasteiger partial charge is 0.258 e. The Morgan fingerprint density at radius 1 is 1.29 bits per heavy atom. The van der Waals surface area contributed by atoms with E-state index in [2.05, 4.69) is 0 Å². The summed E-state index contributed by atoms with van der Waals surface area (Å²) in [6.07, 6.45) is 3.78. The monoisotopic (exact) mass is 330 g/mol. The maximum atomic E-state index is 12.8. The number of non-ortho nitro benzene ring substituents is 1. The first-order valence-corrected chi connectivity index (χ1v) is 8.67. The number of nitro groups is 1. The maximum absolute atomic E-state index is 12.8. The first-order chi connectivity index (χ1) is 9.89. The lowest BCUT2D eigenvalue weighted by molar-refractivity contribution is -0.385. The molecule has 3 rings (SSSR count). The summed E-state index contributed by atoms with van der Waals surface area (Å²) < 4.78 is 27.1. The third-order valence-electron chi connectivity index (χ3n) is 3.80. The molecule has 114 valence electrons. The van der Waals surface area contributed by atoms with Gasteiger partial charge in [-0.3, -0.25) is 10.1 Å². The number of rotatable bonds is 6. The van der Waals surface area contributed by atoms with Crippen LogP contribution >= 0.6 is 11.6 Å². The van der Waals surface area contributed by atoms with Crippen molar-refractivity contribution in [3.8, 4) is 0 Å². The van der Waals surface area contributed by atoms with E-state index in [1.807, 2.05) is 0 Å². The summed E-state index contributed by atoms with van der Waals surface area (Å²) in [5.74, 6) is 0.415. The Balaban J connectivity index is 1.99. The van der Waals surface area contributed by atoms with E-state index in [1.54, 1.807) is 0 Å². The van der Waals surface area contributed by atoms with Gasteiger partial charge in [-0.05, 0) is 37.7 Å².